The van der Waals surface area contributed by atoms with Gasteiger partial charge in [-0.25, -0.2) is 0 Å². The van der Waals surface area contributed by atoms with E-state index < -0.39 is 0 Å². The molecule has 130 valence electrons. The van der Waals surface area contributed by atoms with Gasteiger partial charge in [-0.15, -0.1) is 24.0 Å². The number of piperidine rings is 1. The smallest absolute Gasteiger partial charge is 0.191 e. The second kappa shape index (κ2) is 10.6. The van der Waals surface area contributed by atoms with E-state index in [0.29, 0.717) is 12.1 Å². The third kappa shape index (κ3) is 6.58. The number of likely N-dealkylation sites (tertiary alicyclic amines) is 1. The predicted octanol–water partition coefficient (Wildman–Crippen LogP) is 2.07. The molecule has 2 aliphatic rings. The van der Waals surface area contributed by atoms with Crippen LogP contribution in [0.1, 0.15) is 39.0 Å². The number of guanidine groups is 1. The lowest BCUT2D eigenvalue weighted by Gasteiger charge is -2.32. The van der Waals surface area contributed by atoms with Crippen molar-refractivity contribution in [1.82, 2.24) is 15.5 Å². The van der Waals surface area contributed by atoms with E-state index in [1.54, 1.807) is 7.11 Å². The molecule has 2 N–H and O–H groups in total. The van der Waals surface area contributed by atoms with Crippen LogP contribution in [0.3, 0.4) is 0 Å². The molecule has 1 saturated carbocycles. The van der Waals surface area contributed by atoms with Gasteiger partial charge >= 0.3 is 0 Å². The molecule has 1 aliphatic heterocycles. The van der Waals surface area contributed by atoms with Gasteiger partial charge in [-0.05, 0) is 31.6 Å². The SMILES string of the molecule is CCCC1CC1NC(=NC)NC1CCN(CCOC)CC1.I. The van der Waals surface area contributed by atoms with Crippen molar-refractivity contribution in [1.29, 1.82) is 0 Å². The minimum Gasteiger partial charge on any atom is -0.383 e. The molecule has 0 bridgehead atoms. The summed E-state index contributed by atoms with van der Waals surface area (Å²) < 4.78 is 5.15. The van der Waals surface area contributed by atoms with Crippen LogP contribution in [0.2, 0.25) is 0 Å². The fourth-order valence-electron chi connectivity index (χ4n) is 3.18. The largest absolute Gasteiger partial charge is 0.383 e. The third-order valence-electron chi connectivity index (χ3n) is 4.67. The molecule has 5 nitrogen and oxygen atoms in total. The average molecular weight is 424 g/mol. The van der Waals surface area contributed by atoms with Gasteiger partial charge in [0.25, 0.3) is 0 Å². The summed E-state index contributed by atoms with van der Waals surface area (Å²) in [5.74, 6) is 1.86. The molecule has 1 saturated heterocycles. The first-order chi connectivity index (χ1) is 10.3. The molecule has 0 amide bonds. The number of rotatable bonds is 7. The van der Waals surface area contributed by atoms with Gasteiger partial charge in [0, 0.05) is 45.9 Å². The van der Waals surface area contributed by atoms with Gasteiger partial charge in [-0.1, -0.05) is 13.3 Å². The van der Waals surface area contributed by atoms with Crippen molar-refractivity contribution in [3.05, 3.63) is 0 Å². The zero-order valence-corrected chi connectivity index (χ0v) is 16.6. The molecule has 0 radical (unpaired) electrons. The minimum absolute atomic E-state index is 0. The van der Waals surface area contributed by atoms with Crippen LogP contribution in [0.15, 0.2) is 4.99 Å². The number of nitrogens with one attached hydrogen (secondary N) is 2. The van der Waals surface area contributed by atoms with E-state index in [0.717, 1.165) is 38.1 Å². The molecule has 2 atom stereocenters. The summed E-state index contributed by atoms with van der Waals surface area (Å²) in [6.07, 6.45) is 6.31. The van der Waals surface area contributed by atoms with Crippen LogP contribution < -0.4 is 10.6 Å². The molecule has 2 rings (SSSR count). The summed E-state index contributed by atoms with van der Waals surface area (Å²) in [5, 5.41) is 7.17. The lowest BCUT2D eigenvalue weighted by atomic mass is 10.1. The van der Waals surface area contributed by atoms with E-state index in [2.05, 4.69) is 27.4 Å². The number of nitrogens with zero attached hydrogens (tertiary/aromatic N) is 2. The monoisotopic (exact) mass is 424 g/mol. The summed E-state index contributed by atoms with van der Waals surface area (Å²) >= 11 is 0. The maximum absolute atomic E-state index is 5.15. The predicted molar refractivity (Wildman–Crippen MR) is 103 cm³/mol. The van der Waals surface area contributed by atoms with E-state index >= 15 is 0 Å². The first-order valence-electron chi connectivity index (χ1n) is 8.48. The zero-order valence-electron chi connectivity index (χ0n) is 14.3. The van der Waals surface area contributed by atoms with Gasteiger partial charge in [0.05, 0.1) is 6.61 Å². The van der Waals surface area contributed by atoms with E-state index in [-0.39, 0.29) is 24.0 Å². The summed E-state index contributed by atoms with van der Waals surface area (Å²) in [5.41, 5.74) is 0. The van der Waals surface area contributed by atoms with Crippen LogP contribution in [0, 0.1) is 5.92 Å². The summed E-state index contributed by atoms with van der Waals surface area (Å²) in [7, 11) is 3.65. The Morgan fingerprint density at radius 2 is 2.00 bits per heavy atom. The molecule has 1 aliphatic carbocycles. The topological polar surface area (TPSA) is 48.9 Å². The molecule has 0 aromatic heterocycles. The standard InChI is InChI=1S/C16H32N4O.HI/c1-4-5-13-12-15(13)19-16(17-2)18-14-6-8-20(9-7-14)10-11-21-3;/h13-15H,4-12H2,1-3H3,(H2,17,18,19);1H. The van der Waals surface area contributed by atoms with Crippen molar-refractivity contribution < 1.29 is 4.74 Å². The first kappa shape index (κ1) is 20.0. The van der Waals surface area contributed by atoms with Crippen LogP contribution in [0.4, 0.5) is 0 Å². The molecule has 1 heterocycles. The Morgan fingerprint density at radius 3 is 2.59 bits per heavy atom. The minimum atomic E-state index is 0. The molecular formula is C16H33IN4O. The Morgan fingerprint density at radius 1 is 1.27 bits per heavy atom. The Balaban J connectivity index is 0.00000242. The van der Waals surface area contributed by atoms with Gasteiger partial charge in [-0.3, -0.25) is 4.99 Å². The molecule has 2 unspecified atom stereocenters. The highest BCUT2D eigenvalue weighted by Gasteiger charge is 2.36. The van der Waals surface area contributed by atoms with Crippen molar-refractivity contribution in [3.63, 3.8) is 0 Å². The van der Waals surface area contributed by atoms with Crippen LogP contribution in [0.5, 0.6) is 0 Å². The van der Waals surface area contributed by atoms with Crippen molar-refractivity contribution >= 4 is 29.9 Å². The maximum Gasteiger partial charge on any atom is 0.191 e. The van der Waals surface area contributed by atoms with Crippen molar-refractivity contribution in [2.24, 2.45) is 10.9 Å². The number of halogens is 1. The number of hydrogen-bond acceptors (Lipinski definition) is 3. The molecule has 6 heteroatoms. The molecule has 22 heavy (non-hydrogen) atoms. The van der Waals surface area contributed by atoms with Crippen LogP contribution in [0.25, 0.3) is 0 Å². The van der Waals surface area contributed by atoms with E-state index in [9.17, 15) is 0 Å². The second-order valence-electron chi connectivity index (χ2n) is 6.36. The van der Waals surface area contributed by atoms with Crippen LogP contribution >= 0.6 is 24.0 Å². The highest BCUT2D eigenvalue weighted by molar-refractivity contribution is 14.0. The van der Waals surface area contributed by atoms with E-state index in [1.807, 2.05) is 7.05 Å². The normalized spacial score (nSPS) is 26.4. The fraction of sp³-hybridized carbons (Fsp3) is 0.938. The number of hydrogen-bond donors (Lipinski definition) is 2. The van der Waals surface area contributed by atoms with Crippen molar-refractivity contribution in [3.8, 4) is 0 Å². The zero-order chi connectivity index (χ0) is 15.1. The van der Waals surface area contributed by atoms with Crippen LogP contribution in [-0.2, 0) is 4.74 Å². The average Bonchev–Trinajstić information content (AvgIpc) is 3.24. The Labute approximate surface area is 152 Å². The number of methoxy groups -OCH3 is 1. The number of aliphatic imine (C=N–C) groups is 1. The lowest BCUT2D eigenvalue weighted by Crippen LogP contribution is -2.49. The molecular weight excluding hydrogens is 391 g/mol. The Hall–Kier alpha value is -0.0800. The summed E-state index contributed by atoms with van der Waals surface area (Å²) in [6.45, 7) is 6.46. The van der Waals surface area contributed by atoms with Gasteiger partial charge in [0.1, 0.15) is 0 Å². The first-order valence-corrected chi connectivity index (χ1v) is 8.48. The lowest BCUT2D eigenvalue weighted by molar-refractivity contribution is 0.128. The Kier molecular flexibility index (Phi) is 9.66. The van der Waals surface area contributed by atoms with Gasteiger partial charge in [0.15, 0.2) is 5.96 Å². The van der Waals surface area contributed by atoms with Crippen LogP contribution in [-0.4, -0.2) is 63.3 Å². The fourth-order valence-corrected chi connectivity index (χ4v) is 3.18. The maximum atomic E-state index is 5.15. The molecule has 0 aromatic carbocycles. The molecule has 2 fully saturated rings. The summed E-state index contributed by atoms with van der Waals surface area (Å²) in [4.78, 5) is 6.87. The number of ether oxygens (including phenoxy) is 1. The van der Waals surface area contributed by atoms with E-state index in [4.69, 9.17) is 4.74 Å². The third-order valence-corrected chi connectivity index (χ3v) is 4.67. The molecule has 0 aromatic rings. The van der Waals surface area contributed by atoms with E-state index in [1.165, 1.54) is 32.1 Å². The highest BCUT2D eigenvalue weighted by atomic mass is 127. The van der Waals surface area contributed by atoms with Gasteiger partial charge in [0.2, 0.25) is 0 Å². The Bertz CT molecular complexity index is 332. The van der Waals surface area contributed by atoms with Gasteiger partial charge in [-0.2, -0.15) is 0 Å². The highest BCUT2D eigenvalue weighted by Crippen LogP contribution is 2.34. The quantitative estimate of drug-likeness (QED) is 0.373. The van der Waals surface area contributed by atoms with Crippen molar-refractivity contribution in [2.45, 2.75) is 51.1 Å². The van der Waals surface area contributed by atoms with Gasteiger partial charge < -0.3 is 20.3 Å². The molecule has 0 spiro atoms. The summed E-state index contributed by atoms with van der Waals surface area (Å²) in [6, 6.07) is 1.20. The second-order valence-corrected chi connectivity index (χ2v) is 6.36. The van der Waals surface area contributed by atoms with Crippen molar-refractivity contribution in [2.75, 3.05) is 40.4 Å².